The van der Waals surface area contributed by atoms with Crippen LogP contribution in [0.3, 0.4) is 0 Å². The molecule has 1 fully saturated rings. The third kappa shape index (κ3) is 4.64. The molecule has 140 valence electrons. The lowest BCUT2D eigenvalue weighted by Crippen LogP contribution is -2.22. The summed E-state index contributed by atoms with van der Waals surface area (Å²) in [5, 5.41) is 6.31. The summed E-state index contributed by atoms with van der Waals surface area (Å²) in [7, 11) is 0. The van der Waals surface area contributed by atoms with Crippen molar-refractivity contribution in [3.05, 3.63) is 29.6 Å². The van der Waals surface area contributed by atoms with Gasteiger partial charge in [0.1, 0.15) is 0 Å². The summed E-state index contributed by atoms with van der Waals surface area (Å²) in [5.41, 5.74) is 2.98. The van der Waals surface area contributed by atoms with E-state index >= 15 is 0 Å². The van der Waals surface area contributed by atoms with Crippen LogP contribution in [0.25, 0.3) is 11.3 Å². The Balaban J connectivity index is 1.62. The summed E-state index contributed by atoms with van der Waals surface area (Å²) in [4.78, 5) is 19.6. The molecule has 1 aliphatic rings. The van der Waals surface area contributed by atoms with Crippen LogP contribution in [-0.2, 0) is 4.79 Å². The first-order chi connectivity index (χ1) is 12.7. The molecule has 0 aliphatic carbocycles. The maximum absolute atomic E-state index is 12.4. The zero-order valence-corrected chi connectivity index (χ0v) is 16.6. The van der Waals surface area contributed by atoms with E-state index < -0.39 is 0 Å². The standard InChI is InChI=1S/C21H29N3OS/c1-3-5-8-16(4-2)20(25)22-18-11-9-17(10-12-18)19-15-26-21(23-19)24-13-6-7-14-24/h9-12,15-16H,3-8,13-14H2,1-2H3,(H,22,25)/t16-/m1/s1. The highest BCUT2D eigenvalue weighted by atomic mass is 32.1. The SMILES string of the molecule is CCCC[C@@H](CC)C(=O)Nc1ccc(-c2csc(N3CCCC3)n2)cc1. The molecule has 3 rings (SSSR count). The second-order valence-electron chi connectivity index (χ2n) is 7.02. The van der Waals surface area contributed by atoms with Gasteiger partial charge in [-0.1, -0.05) is 38.8 Å². The number of hydrogen-bond acceptors (Lipinski definition) is 4. The number of anilines is 2. The molecule has 2 aromatic rings. The van der Waals surface area contributed by atoms with Crippen LogP contribution in [0.15, 0.2) is 29.6 Å². The number of nitrogens with one attached hydrogen (secondary N) is 1. The predicted molar refractivity (Wildman–Crippen MR) is 111 cm³/mol. The Bertz CT molecular complexity index is 704. The number of thiazole rings is 1. The zero-order chi connectivity index (χ0) is 18.4. The van der Waals surface area contributed by atoms with Crippen molar-refractivity contribution in [3.63, 3.8) is 0 Å². The molecule has 1 saturated heterocycles. The molecule has 0 radical (unpaired) electrons. The Hall–Kier alpha value is -1.88. The Morgan fingerprint density at radius 3 is 2.62 bits per heavy atom. The van der Waals surface area contributed by atoms with E-state index in [1.165, 1.54) is 12.8 Å². The van der Waals surface area contributed by atoms with E-state index in [4.69, 9.17) is 4.98 Å². The first-order valence-electron chi connectivity index (χ1n) is 9.83. The second-order valence-corrected chi connectivity index (χ2v) is 7.86. The van der Waals surface area contributed by atoms with Crippen LogP contribution in [-0.4, -0.2) is 24.0 Å². The number of carbonyl (C=O) groups excluding carboxylic acids is 1. The van der Waals surface area contributed by atoms with Crippen molar-refractivity contribution in [3.8, 4) is 11.3 Å². The molecule has 5 heteroatoms. The Morgan fingerprint density at radius 2 is 1.96 bits per heavy atom. The third-order valence-corrected chi connectivity index (χ3v) is 5.99. The molecule has 1 atom stereocenters. The minimum absolute atomic E-state index is 0.108. The van der Waals surface area contributed by atoms with Crippen LogP contribution in [0, 0.1) is 5.92 Å². The van der Waals surface area contributed by atoms with Gasteiger partial charge in [-0.3, -0.25) is 4.79 Å². The van der Waals surface area contributed by atoms with Crippen LogP contribution >= 0.6 is 11.3 Å². The van der Waals surface area contributed by atoms with Crippen LogP contribution in [0.2, 0.25) is 0 Å². The van der Waals surface area contributed by atoms with Crippen LogP contribution in [0.5, 0.6) is 0 Å². The first-order valence-corrected chi connectivity index (χ1v) is 10.7. The predicted octanol–water partition coefficient (Wildman–Crippen LogP) is 5.57. The van der Waals surface area contributed by atoms with Gasteiger partial charge in [0.2, 0.25) is 5.91 Å². The smallest absolute Gasteiger partial charge is 0.227 e. The maximum atomic E-state index is 12.4. The van der Waals surface area contributed by atoms with Gasteiger partial charge in [0.05, 0.1) is 5.69 Å². The molecule has 0 spiro atoms. The molecule has 4 nitrogen and oxygen atoms in total. The normalized spacial score (nSPS) is 15.2. The van der Waals surface area contributed by atoms with Gasteiger partial charge in [-0.05, 0) is 37.8 Å². The van der Waals surface area contributed by atoms with Gasteiger partial charge in [-0.2, -0.15) is 0 Å². The highest BCUT2D eigenvalue weighted by Gasteiger charge is 2.17. The lowest BCUT2D eigenvalue weighted by Gasteiger charge is -2.14. The van der Waals surface area contributed by atoms with Gasteiger partial charge in [0, 0.05) is 35.6 Å². The van der Waals surface area contributed by atoms with Gasteiger partial charge in [-0.25, -0.2) is 4.98 Å². The Morgan fingerprint density at radius 1 is 1.23 bits per heavy atom. The summed E-state index contributed by atoms with van der Waals surface area (Å²) in [5.74, 6) is 0.245. The highest BCUT2D eigenvalue weighted by Crippen LogP contribution is 2.30. The van der Waals surface area contributed by atoms with E-state index in [0.717, 1.165) is 60.8 Å². The summed E-state index contributed by atoms with van der Waals surface area (Å²) in [6, 6.07) is 8.06. The number of amides is 1. The first kappa shape index (κ1) is 18.9. The molecule has 1 aromatic carbocycles. The van der Waals surface area contributed by atoms with Gasteiger partial charge in [0.15, 0.2) is 5.13 Å². The average molecular weight is 372 g/mol. The molecule has 0 bridgehead atoms. The second kappa shape index (κ2) is 9.17. The van der Waals surface area contributed by atoms with Crippen LogP contribution in [0.4, 0.5) is 10.8 Å². The van der Waals surface area contributed by atoms with Crippen LogP contribution in [0.1, 0.15) is 52.4 Å². The fourth-order valence-corrected chi connectivity index (χ4v) is 4.28. The summed E-state index contributed by atoms with van der Waals surface area (Å²) >= 11 is 1.72. The molecule has 1 aliphatic heterocycles. The maximum Gasteiger partial charge on any atom is 0.227 e. The minimum Gasteiger partial charge on any atom is -0.348 e. The van der Waals surface area contributed by atoms with E-state index in [-0.39, 0.29) is 11.8 Å². The summed E-state index contributed by atoms with van der Waals surface area (Å²) < 4.78 is 0. The van der Waals surface area contributed by atoms with E-state index in [9.17, 15) is 4.79 Å². The van der Waals surface area contributed by atoms with Crippen molar-refractivity contribution in [1.29, 1.82) is 0 Å². The number of nitrogens with zero attached hydrogens (tertiary/aromatic N) is 2. The van der Waals surface area contributed by atoms with Gasteiger partial charge >= 0.3 is 0 Å². The number of carbonyl (C=O) groups is 1. The highest BCUT2D eigenvalue weighted by molar-refractivity contribution is 7.14. The number of hydrogen-bond donors (Lipinski definition) is 1. The van der Waals surface area contributed by atoms with Crippen molar-refractivity contribution in [2.24, 2.45) is 5.92 Å². The van der Waals surface area contributed by atoms with Crippen molar-refractivity contribution in [2.75, 3.05) is 23.3 Å². The molecule has 2 heterocycles. The number of benzene rings is 1. The molecule has 1 aromatic heterocycles. The fourth-order valence-electron chi connectivity index (χ4n) is 3.39. The van der Waals surface area contributed by atoms with Crippen molar-refractivity contribution < 1.29 is 4.79 Å². The molecular formula is C21H29N3OS. The van der Waals surface area contributed by atoms with Gasteiger partial charge < -0.3 is 10.2 Å². The van der Waals surface area contributed by atoms with Crippen LogP contribution < -0.4 is 10.2 Å². The molecule has 0 unspecified atom stereocenters. The van der Waals surface area contributed by atoms with Crippen molar-refractivity contribution >= 4 is 28.1 Å². The van der Waals surface area contributed by atoms with E-state index in [2.05, 4.69) is 29.4 Å². The zero-order valence-electron chi connectivity index (χ0n) is 15.8. The van der Waals surface area contributed by atoms with Crippen molar-refractivity contribution in [2.45, 2.75) is 52.4 Å². The number of unbranched alkanes of at least 4 members (excludes halogenated alkanes) is 1. The lowest BCUT2D eigenvalue weighted by molar-refractivity contribution is -0.120. The summed E-state index contributed by atoms with van der Waals surface area (Å²) in [6.07, 6.45) is 6.62. The summed E-state index contributed by atoms with van der Waals surface area (Å²) in [6.45, 7) is 6.49. The monoisotopic (exact) mass is 371 g/mol. The quantitative estimate of drug-likeness (QED) is 0.660. The topological polar surface area (TPSA) is 45.2 Å². The Labute approximate surface area is 160 Å². The van der Waals surface area contributed by atoms with Crippen molar-refractivity contribution in [1.82, 2.24) is 4.98 Å². The molecule has 1 amide bonds. The molecule has 26 heavy (non-hydrogen) atoms. The van der Waals surface area contributed by atoms with Gasteiger partial charge in [0.25, 0.3) is 0 Å². The lowest BCUT2D eigenvalue weighted by atomic mass is 9.98. The van der Waals surface area contributed by atoms with E-state index in [0.29, 0.717) is 0 Å². The largest absolute Gasteiger partial charge is 0.348 e. The number of rotatable bonds is 8. The van der Waals surface area contributed by atoms with E-state index in [1.54, 1.807) is 11.3 Å². The van der Waals surface area contributed by atoms with E-state index in [1.807, 2.05) is 24.3 Å². The van der Waals surface area contributed by atoms with Gasteiger partial charge in [-0.15, -0.1) is 11.3 Å². The molecule has 0 saturated carbocycles. The minimum atomic E-state index is 0.108. The Kier molecular flexibility index (Phi) is 6.67. The molecule has 1 N–H and O–H groups in total. The average Bonchev–Trinajstić information content (AvgIpc) is 3.34. The number of aromatic nitrogens is 1. The molecular weight excluding hydrogens is 342 g/mol. The fraction of sp³-hybridized carbons (Fsp3) is 0.524. The third-order valence-electron chi connectivity index (χ3n) is 5.09.